The van der Waals surface area contributed by atoms with Crippen molar-refractivity contribution in [2.75, 3.05) is 5.75 Å². The van der Waals surface area contributed by atoms with Gasteiger partial charge in [0.1, 0.15) is 5.60 Å². The van der Waals surface area contributed by atoms with Crippen LogP contribution in [0.25, 0.3) is 0 Å². The number of amides is 1. The molecular formula is C15H28N2O2S. The fraction of sp³-hybridized carbons (Fsp3) is 0.933. The lowest BCUT2D eigenvalue weighted by Crippen LogP contribution is -2.50. The Morgan fingerprint density at radius 1 is 1.25 bits per heavy atom. The molecule has 4 atom stereocenters. The van der Waals surface area contributed by atoms with E-state index in [1.165, 1.54) is 18.6 Å². The first-order valence-corrected chi connectivity index (χ1v) is 8.75. The van der Waals surface area contributed by atoms with Crippen LogP contribution in [0.4, 0.5) is 4.79 Å². The summed E-state index contributed by atoms with van der Waals surface area (Å²) < 4.78 is 5.35. The zero-order valence-corrected chi connectivity index (χ0v) is 13.9. The Balaban J connectivity index is 1.80. The van der Waals surface area contributed by atoms with Crippen molar-refractivity contribution in [1.29, 1.82) is 0 Å². The fourth-order valence-corrected chi connectivity index (χ4v) is 4.19. The molecule has 0 spiro atoms. The second-order valence-electron chi connectivity index (χ2n) is 7.03. The second kappa shape index (κ2) is 6.56. The van der Waals surface area contributed by atoms with Crippen molar-refractivity contribution >= 4 is 17.9 Å². The van der Waals surface area contributed by atoms with E-state index in [4.69, 9.17) is 4.74 Å². The average molecular weight is 300 g/mol. The molecule has 0 aromatic carbocycles. The van der Waals surface area contributed by atoms with Crippen molar-refractivity contribution < 1.29 is 9.53 Å². The van der Waals surface area contributed by atoms with E-state index in [0.717, 1.165) is 18.1 Å². The number of ether oxygens (including phenoxy) is 1. The van der Waals surface area contributed by atoms with Crippen LogP contribution in [0, 0.1) is 0 Å². The molecule has 4 unspecified atom stereocenters. The van der Waals surface area contributed by atoms with E-state index in [1.54, 1.807) is 0 Å². The Kier molecular flexibility index (Phi) is 5.24. The number of hydrogen-bond donors (Lipinski definition) is 2. The average Bonchev–Trinajstić information content (AvgIpc) is 2.87. The number of alkyl carbamates (subject to hydrolysis) is 1. The molecule has 4 nitrogen and oxygen atoms in total. The number of carbonyl (C=O) groups excluding carboxylic acids is 1. The van der Waals surface area contributed by atoms with E-state index in [9.17, 15) is 4.79 Å². The maximum Gasteiger partial charge on any atom is 0.407 e. The second-order valence-corrected chi connectivity index (χ2v) is 8.50. The molecule has 116 valence electrons. The summed E-state index contributed by atoms with van der Waals surface area (Å²) in [5.41, 5.74) is -0.427. The maximum atomic E-state index is 11.9. The number of thioether (sulfide) groups is 1. The Morgan fingerprint density at radius 2 is 1.95 bits per heavy atom. The first-order valence-electron chi connectivity index (χ1n) is 7.70. The van der Waals surface area contributed by atoms with Crippen LogP contribution in [-0.2, 0) is 4.74 Å². The quantitative estimate of drug-likeness (QED) is 0.841. The van der Waals surface area contributed by atoms with E-state index in [0.29, 0.717) is 12.1 Å². The molecule has 2 N–H and O–H groups in total. The topological polar surface area (TPSA) is 50.4 Å². The van der Waals surface area contributed by atoms with Gasteiger partial charge in [0, 0.05) is 29.1 Å². The van der Waals surface area contributed by atoms with Crippen LogP contribution in [0.5, 0.6) is 0 Å². The number of rotatable bonds is 3. The SMILES string of the molecule is CC1CC(NC2CCCC2NC(=O)OC(C)(C)C)CS1. The number of nitrogens with one attached hydrogen (secondary N) is 2. The van der Waals surface area contributed by atoms with Crippen molar-refractivity contribution in [3.05, 3.63) is 0 Å². The van der Waals surface area contributed by atoms with Crippen molar-refractivity contribution in [3.8, 4) is 0 Å². The molecule has 2 fully saturated rings. The van der Waals surface area contributed by atoms with Gasteiger partial charge < -0.3 is 15.4 Å². The summed E-state index contributed by atoms with van der Waals surface area (Å²) in [6, 6.07) is 1.21. The van der Waals surface area contributed by atoms with Crippen LogP contribution in [0.1, 0.15) is 53.4 Å². The van der Waals surface area contributed by atoms with Gasteiger partial charge in [-0.25, -0.2) is 4.79 Å². The number of carbonyl (C=O) groups is 1. The molecule has 1 amide bonds. The zero-order chi connectivity index (χ0) is 14.8. The molecule has 20 heavy (non-hydrogen) atoms. The van der Waals surface area contributed by atoms with Crippen LogP contribution in [0.2, 0.25) is 0 Å². The lowest BCUT2D eigenvalue weighted by Gasteiger charge is -2.27. The molecule has 0 radical (unpaired) electrons. The van der Waals surface area contributed by atoms with Gasteiger partial charge in [-0.05, 0) is 46.5 Å². The molecule has 0 aromatic heterocycles. The molecule has 0 bridgehead atoms. The minimum Gasteiger partial charge on any atom is -0.444 e. The molecular weight excluding hydrogens is 272 g/mol. The lowest BCUT2D eigenvalue weighted by atomic mass is 10.1. The summed E-state index contributed by atoms with van der Waals surface area (Å²) in [5, 5.41) is 7.53. The van der Waals surface area contributed by atoms with Crippen LogP contribution in [0.15, 0.2) is 0 Å². The Hall–Kier alpha value is -0.420. The highest BCUT2D eigenvalue weighted by molar-refractivity contribution is 8.00. The third-order valence-corrected chi connectivity index (χ3v) is 5.22. The zero-order valence-electron chi connectivity index (χ0n) is 13.1. The first kappa shape index (κ1) is 16.0. The first-order chi connectivity index (χ1) is 9.33. The van der Waals surface area contributed by atoms with Crippen molar-refractivity contribution in [3.63, 3.8) is 0 Å². The van der Waals surface area contributed by atoms with Gasteiger partial charge >= 0.3 is 6.09 Å². The summed E-state index contributed by atoms with van der Waals surface area (Å²) in [7, 11) is 0. The van der Waals surface area contributed by atoms with Gasteiger partial charge in [0.25, 0.3) is 0 Å². The standard InChI is InChI=1S/C15H28N2O2S/c1-10-8-11(9-20-10)16-12-6-5-7-13(12)17-14(18)19-15(2,3)4/h10-13,16H,5-9H2,1-4H3,(H,17,18). The van der Waals surface area contributed by atoms with Crippen LogP contribution in [0.3, 0.4) is 0 Å². The summed E-state index contributed by atoms with van der Waals surface area (Å²) in [6.07, 6.45) is 4.32. The van der Waals surface area contributed by atoms with Gasteiger partial charge in [0.2, 0.25) is 0 Å². The van der Waals surface area contributed by atoms with E-state index in [1.807, 2.05) is 32.5 Å². The van der Waals surface area contributed by atoms with E-state index in [2.05, 4.69) is 17.6 Å². The maximum absolute atomic E-state index is 11.9. The van der Waals surface area contributed by atoms with Crippen LogP contribution < -0.4 is 10.6 Å². The predicted octanol–water partition coefficient (Wildman–Crippen LogP) is 2.92. The monoisotopic (exact) mass is 300 g/mol. The molecule has 1 aliphatic heterocycles. The smallest absolute Gasteiger partial charge is 0.407 e. The Labute approximate surface area is 126 Å². The van der Waals surface area contributed by atoms with Crippen LogP contribution >= 0.6 is 11.8 Å². The highest BCUT2D eigenvalue weighted by atomic mass is 32.2. The van der Waals surface area contributed by atoms with E-state index < -0.39 is 5.60 Å². The van der Waals surface area contributed by atoms with Gasteiger partial charge in [-0.1, -0.05) is 6.92 Å². The summed E-state index contributed by atoms with van der Waals surface area (Å²) in [6.45, 7) is 7.98. The van der Waals surface area contributed by atoms with Gasteiger partial charge in [-0.2, -0.15) is 11.8 Å². The number of hydrogen-bond acceptors (Lipinski definition) is 4. The normalized spacial score (nSPS) is 34.2. The van der Waals surface area contributed by atoms with Gasteiger partial charge in [-0.15, -0.1) is 0 Å². The third-order valence-electron chi connectivity index (χ3n) is 3.87. The minimum atomic E-state index is -0.427. The molecule has 5 heteroatoms. The minimum absolute atomic E-state index is 0.214. The van der Waals surface area contributed by atoms with Gasteiger partial charge in [0.05, 0.1) is 0 Å². The van der Waals surface area contributed by atoms with Gasteiger partial charge in [-0.3, -0.25) is 0 Å². The molecule has 0 aromatic rings. The van der Waals surface area contributed by atoms with Crippen molar-refractivity contribution in [2.24, 2.45) is 0 Å². The molecule has 1 saturated heterocycles. The van der Waals surface area contributed by atoms with E-state index >= 15 is 0 Å². The molecule has 1 saturated carbocycles. The highest BCUT2D eigenvalue weighted by Gasteiger charge is 2.33. The van der Waals surface area contributed by atoms with Gasteiger partial charge in [0.15, 0.2) is 0 Å². The molecule has 1 aliphatic carbocycles. The molecule has 2 rings (SSSR count). The molecule has 2 aliphatic rings. The lowest BCUT2D eigenvalue weighted by molar-refractivity contribution is 0.0497. The third kappa shape index (κ3) is 4.85. The molecule has 1 heterocycles. The Bertz CT molecular complexity index is 343. The summed E-state index contributed by atoms with van der Waals surface area (Å²) >= 11 is 2.04. The van der Waals surface area contributed by atoms with E-state index in [-0.39, 0.29) is 12.1 Å². The summed E-state index contributed by atoms with van der Waals surface area (Å²) in [5.74, 6) is 1.19. The fourth-order valence-electron chi connectivity index (χ4n) is 3.03. The van der Waals surface area contributed by atoms with Crippen LogP contribution in [-0.4, -0.2) is 40.8 Å². The largest absolute Gasteiger partial charge is 0.444 e. The highest BCUT2D eigenvalue weighted by Crippen LogP contribution is 2.28. The summed E-state index contributed by atoms with van der Waals surface area (Å²) in [4.78, 5) is 11.9. The van der Waals surface area contributed by atoms with Crippen molar-refractivity contribution in [2.45, 2.75) is 82.4 Å². The Morgan fingerprint density at radius 3 is 2.55 bits per heavy atom. The van der Waals surface area contributed by atoms with Crippen molar-refractivity contribution in [1.82, 2.24) is 10.6 Å². The predicted molar refractivity (Wildman–Crippen MR) is 84.3 cm³/mol.